The Labute approximate surface area is 84.5 Å². The monoisotopic (exact) mass is 195 g/mol. The molecule has 4 nitrogen and oxygen atoms in total. The van der Waals surface area contributed by atoms with Gasteiger partial charge in [-0.3, -0.25) is 0 Å². The summed E-state index contributed by atoms with van der Waals surface area (Å²) in [6, 6.07) is 1.88. The van der Waals surface area contributed by atoms with Gasteiger partial charge >= 0.3 is 0 Å². The van der Waals surface area contributed by atoms with Crippen LogP contribution < -0.4 is 10.5 Å². The van der Waals surface area contributed by atoms with E-state index in [1.165, 1.54) is 0 Å². The maximum Gasteiger partial charge on any atom is 0.216 e. The molecule has 0 aliphatic rings. The smallest absolute Gasteiger partial charge is 0.216 e. The van der Waals surface area contributed by atoms with Crippen molar-refractivity contribution in [2.24, 2.45) is 5.73 Å². The lowest BCUT2D eigenvalue weighted by Crippen LogP contribution is -2.08. The maximum absolute atomic E-state index is 5.44. The van der Waals surface area contributed by atoms with Crippen molar-refractivity contribution in [1.29, 1.82) is 0 Å². The highest BCUT2D eigenvalue weighted by Gasteiger charge is 2.00. The summed E-state index contributed by atoms with van der Waals surface area (Å²) in [4.78, 5) is 8.44. The van der Waals surface area contributed by atoms with Crippen LogP contribution in [0.5, 0.6) is 5.88 Å². The van der Waals surface area contributed by atoms with E-state index in [4.69, 9.17) is 10.5 Å². The molecule has 0 aliphatic carbocycles. The Balaban J connectivity index is 2.62. The van der Waals surface area contributed by atoms with Crippen molar-refractivity contribution in [3.63, 3.8) is 0 Å². The number of nitrogens with two attached hydrogens (primary N) is 1. The average molecular weight is 195 g/mol. The molecular weight excluding hydrogens is 178 g/mol. The first-order chi connectivity index (χ1) is 6.76. The van der Waals surface area contributed by atoms with E-state index in [2.05, 4.69) is 16.9 Å². The molecule has 1 aromatic heterocycles. The number of aryl methyl sites for hydroxylation is 2. The van der Waals surface area contributed by atoms with Crippen LogP contribution >= 0.6 is 0 Å². The zero-order valence-electron chi connectivity index (χ0n) is 8.79. The zero-order chi connectivity index (χ0) is 10.4. The van der Waals surface area contributed by atoms with Crippen molar-refractivity contribution in [1.82, 2.24) is 9.97 Å². The number of hydrogen-bond donors (Lipinski definition) is 1. The summed E-state index contributed by atoms with van der Waals surface area (Å²) in [6.45, 7) is 5.20. The van der Waals surface area contributed by atoms with Crippen LogP contribution in [0.2, 0.25) is 0 Å². The molecule has 0 saturated carbocycles. The number of aromatic nitrogens is 2. The molecule has 4 heteroatoms. The second kappa shape index (κ2) is 5.54. The lowest BCUT2D eigenvalue weighted by atomic mass is 10.3. The lowest BCUT2D eigenvalue weighted by Gasteiger charge is -2.06. The third kappa shape index (κ3) is 3.30. The van der Waals surface area contributed by atoms with Gasteiger partial charge in [0, 0.05) is 11.8 Å². The van der Waals surface area contributed by atoms with Crippen LogP contribution in [0.3, 0.4) is 0 Å². The topological polar surface area (TPSA) is 61.0 Å². The van der Waals surface area contributed by atoms with Crippen LogP contribution in [-0.4, -0.2) is 23.1 Å². The van der Waals surface area contributed by atoms with Gasteiger partial charge in [0.15, 0.2) is 0 Å². The highest BCUT2D eigenvalue weighted by Crippen LogP contribution is 2.09. The normalized spacial score (nSPS) is 10.2. The molecule has 1 rings (SSSR count). The van der Waals surface area contributed by atoms with Gasteiger partial charge in [-0.1, -0.05) is 6.92 Å². The average Bonchev–Trinajstić information content (AvgIpc) is 2.17. The van der Waals surface area contributed by atoms with Gasteiger partial charge in [0.2, 0.25) is 5.88 Å². The summed E-state index contributed by atoms with van der Waals surface area (Å²) < 4.78 is 5.44. The number of hydrogen-bond acceptors (Lipinski definition) is 4. The number of ether oxygens (including phenoxy) is 1. The Morgan fingerprint density at radius 2 is 2.21 bits per heavy atom. The largest absolute Gasteiger partial charge is 0.478 e. The van der Waals surface area contributed by atoms with Crippen molar-refractivity contribution < 1.29 is 4.74 Å². The van der Waals surface area contributed by atoms with Crippen molar-refractivity contribution in [3.8, 4) is 5.88 Å². The Morgan fingerprint density at radius 3 is 2.86 bits per heavy atom. The van der Waals surface area contributed by atoms with E-state index in [0.29, 0.717) is 19.0 Å². The first-order valence-electron chi connectivity index (χ1n) is 4.93. The number of rotatable bonds is 5. The van der Waals surface area contributed by atoms with Crippen LogP contribution in [0, 0.1) is 6.92 Å². The molecule has 0 amide bonds. The molecule has 0 aromatic carbocycles. The summed E-state index contributed by atoms with van der Waals surface area (Å²) in [7, 11) is 0. The fourth-order valence-corrected chi connectivity index (χ4v) is 1.11. The van der Waals surface area contributed by atoms with Crippen LogP contribution in [0.15, 0.2) is 6.07 Å². The van der Waals surface area contributed by atoms with E-state index in [-0.39, 0.29) is 0 Å². The molecule has 0 radical (unpaired) electrons. The van der Waals surface area contributed by atoms with E-state index in [1.54, 1.807) is 0 Å². The summed E-state index contributed by atoms with van der Waals surface area (Å²) in [5.74, 6) is 1.41. The minimum Gasteiger partial charge on any atom is -0.478 e. The molecule has 0 bridgehead atoms. The third-order valence-corrected chi connectivity index (χ3v) is 1.83. The van der Waals surface area contributed by atoms with E-state index in [9.17, 15) is 0 Å². The predicted molar refractivity (Wildman–Crippen MR) is 55.3 cm³/mol. The highest BCUT2D eigenvalue weighted by atomic mass is 16.5. The van der Waals surface area contributed by atoms with E-state index < -0.39 is 0 Å². The first kappa shape index (κ1) is 10.9. The van der Waals surface area contributed by atoms with Gasteiger partial charge in [0.25, 0.3) is 0 Å². The van der Waals surface area contributed by atoms with Crippen LogP contribution in [-0.2, 0) is 6.42 Å². The SMILES string of the molecule is CCc1cc(OCCCN)nc(C)n1. The van der Waals surface area contributed by atoms with Gasteiger partial charge in [-0.25, -0.2) is 4.98 Å². The minimum atomic E-state index is 0.621. The molecule has 0 aliphatic heterocycles. The molecule has 0 unspecified atom stereocenters. The van der Waals surface area contributed by atoms with Gasteiger partial charge in [-0.2, -0.15) is 4.98 Å². The predicted octanol–water partition coefficient (Wildman–Crippen LogP) is 1.08. The Hall–Kier alpha value is -1.16. The quantitative estimate of drug-likeness (QED) is 0.714. The fraction of sp³-hybridized carbons (Fsp3) is 0.600. The second-order valence-electron chi connectivity index (χ2n) is 3.09. The Kier molecular flexibility index (Phi) is 4.32. The van der Waals surface area contributed by atoms with Crippen molar-refractivity contribution >= 4 is 0 Å². The summed E-state index contributed by atoms with van der Waals surface area (Å²) in [6.07, 6.45) is 1.75. The molecule has 1 heterocycles. The molecule has 2 N–H and O–H groups in total. The molecule has 0 saturated heterocycles. The summed E-state index contributed by atoms with van der Waals surface area (Å²) in [5.41, 5.74) is 6.38. The molecule has 14 heavy (non-hydrogen) atoms. The second-order valence-corrected chi connectivity index (χ2v) is 3.09. The van der Waals surface area contributed by atoms with Gasteiger partial charge in [0.1, 0.15) is 5.82 Å². The highest BCUT2D eigenvalue weighted by molar-refractivity contribution is 5.15. The van der Waals surface area contributed by atoms with E-state index in [1.807, 2.05) is 13.0 Å². The van der Waals surface area contributed by atoms with Crippen LogP contribution in [0.1, 0.15) is 24.9 Å². The van der Waals surface area contributed by atoms with Gasteiger partial charge < -0.3 is 10.5 Å². The van der Waals surface area contributed by atoms with E-state index >= 15 is 0 Å². The Morgan fingerprint density at radius 1 is 1.43 bits per heavy atom. The van der Waals surface area contributed by atoms with E-state index in [0.717, 1.165) is 24.4 Å². The van der Waals surface area contributed by atoms with Crippen molar-refractivity contribution in [2.45, 2.75) is 26.7 Å². The summed E-state index contributed by atoms with van der Waals surface area (Å²) in [5, 5.41) is 0. The molecule has 1 aromatic rings. The zero-order valence-corrected chi connectivity index (χ0v) is 8.79. The minimum absolute atomic E-state index is 0.621. The molecule has 0 fully saturated rings. The Bertz CT molecular complexity index is 289. The van der Waals surface area contributed by atoms with Crippen LogP contribution in [0.4, 0.5) is 0 Å². The van der Waals surface area contributed by atoms with Crippen molar-refractivity contribution in [3.05, 3.63) is 17.6 Å². The summed E-state index contributed by atoms with van der Waals surface area (Å²) >= 11 is 0. The molecule has 0 spiro atoms. The van der Waals surface area contributed by atoms with Gasteiger partial charge in [-0.05, 0) is 26.3 Å². The lowest BCUT2D eigenvalue weighted by molar-refractivity contribution is 0.300. The number of nitrogens with zero attached hydrogens (tertiary/aromatic N) is 2. The van der Waals surface area contributed by atoms with Gasteiger partial charge in [0.05, 0.1) is 6.61 Å². The maximum atomic E-state index is 5.44. The first-order valence-corrected chi connectivity index (χ1v) is 4.93. The van der Waals surface area contributed by atoms with Crippen LogP contribution in [0.25, 0.3) is 0 Å². The molecular formula is C10H17N3O. The standard InChI is InChI=1S/C10H17N3O/c1-3-9-7-10(13-8(2)12-9)14-6-4-5-11/h7H,3-6,11H2,1-2H3. The van der Waals surface area contributed by atoms with Crippen molar-refractivity contribution in [2.75, 3.05) is 13.2 Å². The fourth-order valence-electron chi connectivity index (χ4n) is 1.11. The third-order valence-electron chi connectivity index (χ3n) is 1.83. The molecule has 0 atom stereocenters. The van der Waals surface area contributed by atoms with Gasteiger partial charge in [-0.15, -0.1) is 0 Å². The molecule has 78 valence electrons.